The molecule has 0 aromatic heterocycles. The van der Waals surface area contributed by atoms with E-state index < -0.39 is 0 Å². The second kappa shape index (κ2) is 5.85. The summed E-state index contributed by atoms with van der Waals surface area (Å²) in [5.41, 5.74) is 1.97. The van der Waals surface area contributed by atoms with Crippen molar-refractivity contribution in [2.24, 2.45) is 4.99 Å². The van der Waals surface area contributed by atoms with Gasteiger partial charge in [0.2, 0.25) is 0 Å². The minimum atomic E-state index is -0.206. The van der Waals surface area contributed by atoms with Crippen LogP contribution in [0.3, 0.4) is 0 Å². The molecule has 4 nitrogen and oxygen atoms in total. The lowest BCUT2D eigenvalue weighted by Crippen LogP contribution is -1.99. The normalized spacial score (nSPS) is 13.8. The molecule has 0 heterocycles. The van der Waals surface area contributed by atoms with E-state index in [1.54, 1.807) is 36.4 Å². The third-order valence-electron chi connectivity index (χ3n) is 3.42. The molecule has 0 amide bonds. The van der Waals surface area contributed by atoms with E-state index in [0.717, 1.165) is 5.75 Å². The predicted molar refractivity (Wildman–Crippen MR) is 86.1 cm³/mol. The molecule has 4 heteroatoms. The number of rotatable bonds is 4. The molecule has 0 saturated carbocycles. The number of fused-ring (bicyclic) bond motifs is 1. The van der Waals surface area contributed by atoms with Gasteiger partial charge in [-0.05, 0) is 31.2 Å². The fourth-order valence-corrected chi connectivity index (χ4v) is 2.34. The van der Waals surface area contributed by atoms with Crippen molar-refractivity contribution in [2.75, 3.05) is 6.61 Å². The maximum absolute atomic E-state index is 12.2. The third kappa shape index (κ3) is 2.51. The lowest BCUT2D eigenvalue weighted by molar-refractivity contribution is 0.104. The number of nitrogens with zero attached hydrogens (tertiary/aromatic N) is 1. The zero-order chi connectivity index (χ0) is 15.5. The van der Waals surface area contributed by atoms with Gasteiger partial charge in [0.25, 0.3) is 0 Å². The van der Waals surface area contributed by atoms with Crippen LogP contribution in [-0.4, -0.2) is 23.7 Å². The van der Waals surface area contributed by atoms with Crippen molar-refractivity contribution in [1.29, 1.82) is 0 Å². The average molecular weight is 293 g/mol. The Balaban J connectivity index is 1.84. The Kier molecular flexibility index (Phi) is 3.74. The Labute approximate surface area is 128 Å². The van der Waals surface area contributed by atoms with Gasteiger partial charge in [-0.25, -0.2) is 0 Å². The topological polar surface area (TPSA) is 58.9 Å². The van der Waals surface area contributed by atoms with Gasteiger partial charge < -0.3 is 9.84 Å². The molecule has 1 aliphatic carbocycles. The fourth-order valence-electron chi connectivity index (χ4n) is 2.34. The molecule has 0 aliphatic heterocycles. The lowest BCUT2D eigenvalue weighted by Gasteiger charge is -2.02. The molecule has 0 spiro atoms. The summed E-state index contributed by atoms with van der Waals surface area (Å²) < 4.78 is 5.36. The van der Waals surface area contributed by atoms with E-state index in [9.17, 15) is 9.90 Å². The van der Waals surface area contributed by atoms with Crippen LogP contribution in [0.1, 0.15) is 22.8 Å². The second-order valence-electron chi connectivity index (χ2n) is 4.82. The Morgan fingerprint density at radius 3 is 2.41 bits per heavy atom. The number of carbonyl (C=O) groups is 1. The number of ketones is 1. The summed E-state index contributed by atoms with van der Waals surface area (Å²) in [6.07, 6.45) is 1.41. The van der Waals surface area contributed by atoms with Crippen molar-refractivity contribution in [3.05, 3.63) is 65.2 Å². The Bertz CT molecular complexity index is 773. The minimum Gasteiger partial charge on any atom is -0.506 e. The number of hydrogen-bond donors (Lipinski definition) is 1. The van der Waals surface area contributed by atoms with Crippen LogP contribution < -0.4 is 4.74 Å². The molecule has 0 saturated heterocycles. The largest absolute Gasteiger partial charge is 0.506 e. The Hall–Kier alpha value is -2.88. The molecule has 110 valence electrons. The number of benzene rings is 2. The van der Waals surface area contributed by atoms with Crippen molar-refractivity contribution >= 4 is 23.4 Å². The molecule has 2 aromatic carbocycles. The number of aliphatic hydroxyl groups excluding tert-OH is 1. The van der Waals surface area contributed by atoms with E-state index in [1.165, 1.54) is 6.21 Å². The van der Waals surface area contributed by atoms with E-state index in [1.807, 2.05) is 19.1 Å². The fraction of sp³-hybridized carbons (Fsp3) is 0.111. The van der Waals surface area contributed by atoms with Crippen LogP contribution in [0.5, 0.6) is 5.75 Å². The van der Waals surface area contributed by atoms with Crippen LogP contribution in [0.25, 0.3) is 5.76 Å². The van der Waals surface area contributed by atoms with E-state index >= 15 is 0 Å². The number of allylic oxidation sites excluding steroid dienone is 1. The molecular weight excluding hydrogens is 278 g/mol. The quantitative estimate of drug-likeness (QED) is 0.868. The highest BCUT2D eigenvalue weighted by molar-refractivity contribution is 6.30. The predicted octanol–water partition coefficient (Wildman–Crippen LogP) is 3.95. The van der Waals surface area contributed by atoms with Gasteiger partial charge in [-0.1, -0.05) is 24.3 Å². The smallest absolute Gasteiger partial charge is 0.199 e. The molecule has 0 radical (unpaired) electrons. The highest BCUT2D eigenvalue weighted by atomic mass is 16.5. The van der Waals surface area contributed by atoms with Gasteiger partial charge in [0.05, 0.1) is 17.9 Å². The van der Waals surface area contributed by atoms with Crippen molar-refractivity contribution < 1.29 is 14.6 Å². The van der Waals surface area contributed by atoms with Crippen LogP contribution in [-0.2, 0) is 0 Å². The standard InChI is InChI=1S/C18H15NO3/c1-2-22-13-9-7-12(8-10-13)19-11-16-17(20)14-5-3-4-6-15(14)18(16)21/h3-11,20H,2H2,1H3. The monoisotopic (exact) mass is 293 g/mol. The van der Waals surface area contributed by atoms with E-state index in [-0.39, 0.29) is 17.1 Å². The second-order valence-corrected chi connectivity index (χ2v) is 4.82. The number of Topliss-reactive ketones (excluding diaryl/α,β-unsaturated/α-hetero) is 1. The van der Waals surface area contributed by atoms with Gasteiger partial charge >= 0.3 is 0 Å². The number of aliphatic imine (C=N–C) groups is 1. The van der Waals surface area contributed by atoms with Crippen molar-refractivity contribution in [2.45, 2.75) is 6.92 Å². The highest BCUT2D eigenvalue weighted by Crippen LogP contribution is 2.30. The van der Waals surface area contributed by atoms with E-state index in [2.05, 4.69) is 4.99 Å². The van der Waals surface area contributed by atoms with Gasteiger partial charge in [-0.3, -0.25) is 9.79 Å². The molecule has 0 fully saturated rings. The molecule has 0 unspecified atom stereocenters. The summed E-state index contributed by atoms with van der Waals surface area (Å²) in [5, 5.41) is 10.2. The van der Waals surface area contributed by atoms with Crippen molar-refractivity contribution in [3.8, 4) is 5.75 Å². The summed E-state index contributed by atoms with van der Waals surface area (Å²) in [7, 11) is 0. The van der Waals surface area contributed by atoms with Gasteiger partial charge in [-0.2, -0.15) is 0 Å². The van der Waals surface area contributed by atoms with Crippen LogP contribution in [0, 0.1) is 0 Å². The molecule has 3 rings (SSSR count). The summed E-state index contributed by atoms with van der Waals surface area (Å²) in [6, 6.07) is 14.2. The third-order valence-corrected chi connectivity index (χ3v) is 3.42. The Morgan fingerprint density at radius 1 is 1.09 bits per heavy atom. The molecule has 2 aromatic rings. The first-order valence-corrected chi connectivity index (χ1v) is 7.05. The number of ether oxygens (including phenoxy) is 1. The van der Waals surface area contributed by atoms with E-state index in [4.69, 9.17) is 4.74 Å². The molecule has 0 atom stereocenters. The van der Waals surface area contributed by atoms with Crippen LogP contribution in [0.4, 0.5) is 5.69 Å². The zero-order valence-electron chi connectivity index (χ0n) is 12.1. The average Bonchev–Trinajstić information content (AvgIpc) is 2.79. The summed E-state index contributed by atoms with van der Waals surface area (Å²) >= 11 is 0. The molecule has 0 bridgehead atoms. The zero-order valence-corrected chi connectivity index (χ0v) is 12.1. The molecular formula is C18H15NO3. The number of aliphatic hydroxyl groups is 1. The maximum atomic E-state index is 12.2. The number of carbonyl (C=O) groups excluding carboxylic acids is 1. The first kappa shape index (κ1) is 14.1. The van der Waals surface area contributed by atoms with Crippen molar-refractivity contribution in [1.82, 2.24) is 0 Å². The summed E-state index contributed by atoms with van der Waals surface area (Å²) in [4.78, 5) is 16.5. The lowest BCUT2D eigenvalue weighted by atomic mass is 10.1. The Morgan fingerprint density at radius 2 is 1.77 bits per heavy atom. The van der Waals surface area contributed by atoms with Crippen LogP contribution >= 0.6 is 0 Å². The van der Waals surface area contributed by atoms with Gasteiger partial charge in [0.15, 0.2) is 5.78 Å². The van der Waals surface area contributed by atoms with E-state index in [0.29, 0.717) is 23.4 Å². The summed E-state index contributed by atoms with van der Waals surface area (Å²) in [5.74, 6) is 0.547. The first-order chi connectivity index (χ1) is 10.7. The number of hydrogen-bond acceptors (Lipinski definition) is 4. The minimum absolute atomic E-state index is 0.0183. The van der Waals surface area contributed by atoms with Crippen LogP contribution in [0.2, 0.25) is 0 Å². The molecule has 1 N–H and O–H groups in total. The van der Waals surface area contributed by atoms with Gasteiger partial charge in [0.1, 0.15) is 11.5 Å². The first-order valence-electron chi connectivity index (χ1n) is 7.05. The van der Waals surface area contributed by atoms with Gasteiger partial charge in [-0.15, -0.1) is 0 Å². The highest BCUT2D eigenvalue weighted by Gasteiger charge is 2.27. The molecule has 22 heavy (non-hydrogen) atoms. The SMILES string of the molecule is CCOc1ccc(N=CC2=C(O)c3ccccc3C2=O)cc1. The maximum Gasteiger partial charge on any atom is 0.199 e. The van der Waals surface area contributed by atoms with Gasteiger partial charge in [0, 0.05) is 17.3 Å². The van der Waals surface area contributed by atoms with Crippen molar-refractivity contribution in [3.63, 3.8) is 0 Å². The van der Waals surface area contributed by atoms with Crippen LogP contribution in [0.15, 0.2) is 59.1 Å². The summed E-state index contributed by atoms with van der Waals surface area (Å²) in [6.45, 7) is 2.53. The molecule has 1 aliphatic rings.